The van der Waals surface area contributed by atoms with Crippen molar-refractivity contribution in [3.8, 4) is 0 Å². The van der Waals surface area contributed by atoms with Crippen LogP contribution in [0.1, 0.15) is 30.0 Å². The largest absolute Gasteiger partial charge is 0.345 e. The van der Waals surface area contributed by atoms with Crippen LogP contribution in [0.3, 0.4) is 0 Å². The highest BCUT2D eigenvalue weighted by Gasteiger charge is 2.28. The summed E-state index contributed by atoms with van der Waals surface area (Å²) in [5.74, 6) is 0.149. The minimum absolute atomic E-state index is 0.0768. The van der Waals surface area contributed by atoms with Crippen LogP contribution in [0.25, 0.3) is 0 Å². The first-order valence-electron chi connectivity index (χ1n) is 8.39. The molecule has 0 unspecified atom stereocenters. The van der Waals surface area contributed by atoms with Crippen molar-refractivity contribution >= 4 is 11.7 Å². The Balaban J connectivity index is 1.44. The number of hydrogen-bond donors (Lipinski definition) is 0. The Morgan fingerprint density at radius 2 is 1.96 bits per heavy atom. The molecule has 2 fully saturated rings. The standard InChI is InChI=1S/C18H18F2N4O/c19-14-3-4-15(20)13(7-14)9-24-6-5-23(10-18(24)25)17-8-16(12-1-2-12)21-11-22-17/h3-4,7-8,11-12H,1-2,5-6,9-10H2. The molecule has 1 aliphatic heterocycles. The molecule has 7 heteroatoms. The quantitative estimate of drug-likeness (QED) is 0.855. The maximum atomic E-state index is 13.8. The number of anilines is 1. The summed E-state index contributed by atoms with van der Waals surface area (Å²) in [4.78, 5) is 24.5. The third kappa shape index (κ3) is 3.45. The molecule has 0 spiro atoms. The normalized spacial score (nSPS) is 17.9. The molecule has 2 aromatic rings. The summed E-state index contributed by atoms with van der Waals surface area (Å²) in [5, 5.41) is 0. The fourth-order valence-electron chi connectivity index (χ4n) is 3.08. The van der Waals surface area contributed by atoms with E-state index < -0.39 is 11.6 Å². The van der Waals surface area contributed by atoms with Gasteiger partial charge >= 0.3 is 0 Å². The number of carbonyl (C=O) groups excluding carboxylic acids is 1. The molecule has 25 heavy (non-hydrogen) atoms. The summed E-state index contributed by atoms with van der Waals surface area (Å²) in [6.07, 6.45) is 3.85. The van der Waals surface area contributed by atoms with Crippen molar-refractivity contribution in [3.63, 3.8) is 0 Å². The molecule has 5 nitrogen and oxygen atoms in total. The predicted molar refractivity (Wildman–Crippen MR) is 88.0 cm³/mol. The van der Waals surface area contributed by atoms with E-state index in [-0.39, 0.29) is 24.6 Å². The van der Waals surface area contributed by atoms with Crippen molar-refractivity contribution in [2.45, 2.75) is 25.3 Å². The number of aromatic nitrogens is 2. The lowest BCUT2D eigenvalue weighted by atomic mass is 10.1. The molecule has 0 atom stereocenters. The molecule has 2 heterocycles. The molecule has 1 saturated heterocycles. The van der Waals surface area contributed by atoms with Crippen LogP contribution in [0, 0.1) is 11.6 Å². The highest BCUT2D eigenvalue weighted by atomic mass is 19.1. The van der Waals surface area contributed by atoms with E-state index >= 15 is 0 Å². The first-order valence-corrected chi connectivity index (χ1v) is 8.39. The van der Waals surface area contributed by atoms with Gasteiger partial charge in [-0.05, 0) is 31.0 Å². The van der Waals surface area contributed by atoms with E-state index in [0.29, 0.717) is 19.0 Å². The van der Waals surface area contributed by atoms with Gasteiger partial charge in [-0.3, -0.25) is 4.79 Å². The Kier molecular flexibility index (Phi) is 4.07. The summed E-state index contributed by atoms with van der Waals surface area (Å²) < 4.78 is 27.1. The van der Waals surface area contributed by atoms with Gasteiger partial charge in [0.15, 0.2) is 0 Å². The van der Waals surface area contributed by atoms with E-state index in [1.807, 2.05) is 11.0 Å². The number of halogens is 2. The number of rotatable bonds is 4. The van der Waals surface area contributed by atoms with E-state index in [1.54, 1.807) is 11.2 Å². The zero-order chi connectivity index (χ0) is 17.4. The molecule has 2 aliphatic rings. The number of benzene rings is 1. The number of piperazine rings is 1. The summed E-state index contributed by atoms with van der Waals surface area (Å²) in [6, 6.07) is 5.25. The fourth-order valence-corrected chi connectivity index (χ4v) is 3.08. The van der Waals surface area contributed by atoms with Crippen molar-refractivity contribution in [3.05, 3.63) is 53.5 Å². The average Bonchev–Trinajstić information content (AvgIpc) is 3.45. The predicted octanol–water partition coefficient (Wildman–Crippen LogP) is 2.48. The van der Waals surface area contributed by atoms with Crippen molar-refractivity contribution in [1.82, 2.24) is 14.9 Å². The Hall–Kier alpha value is -2.57. The smallest absolute Gasteiger partial charge is 0.242 e. The molecule has 1 saturated carbocycles. The van der Waals surface area contributed by atoms with E-state index in [9.17, 15) is 13.6 Å². The fraction of sp³-hybridized carbons (Fsp3) is 0.389. The van der Waals surface area contributed by atoms with E-state index in [4.69, 9.17) is 0 Å². The zero-order valence-corrected chi connectivity index (χ0v) is 13.7. The van der Waals surface area contributed by atoms with Crippen LogP contribution in [0.15, 0.2) is 30.6 Å². The summed E-state index contributed by atoms with van der Waals surface area (Å²) in [6.45, 7) is 1.30. The van der Waals surface area contributed by atoms with Crippen LogP contribution in [0.2, 0.25) is 0 Å². The van der Waals surface area contributed by atoms with Crippen LogP contribution < -0.4 is 4.90 Å². The van der Waals surface area contributed by atoms with Crippen LogP contribution in [0.4, 0.5) is 14.6 Å². The van der Waals surface area contributed by atoms with E-state index in [2.05, 4.69) is 9.97 Å². The maximum absolute atomic E-state index is 13.8. The zero-order valence-electron chi connectivity index (χ0n) is 13.7. The number of nitrogens with zero attached hydrogens (tertiary/aromatic N) is 4. The van der Waals surface area contributed by atoms with Crippen molar-refractivity contribution in [2.24, 2.45) is 0 Å². The Bertz CT molecular complexity index is 809. The van der Waals surface area contributed by atoms with Gasteiger partial charge in [-0.2, -0.15) is 0 Å². The maximum Gasteiger partial charge on any atom is 0.242 e. The third-order valence-electron chi connectivity index (χ3n) is 4.68. The molecule has 1 amide bonds. The first kappa shape index (κ1) is 15.9. The second-order valence-electron chi connectivity index (χ2n) is 6.55. The highest BCUT2D eigenvalue weighted by Crippen LogP contribution is 2.39. The molecular weight excluding hydrogens is 326 g/mol. The van der Waals surface area contributed by atoms with Gasteiger partial charge in [0, 0.05) is 42.9 Å². The van der Waals surface area contributed by atoms with Gasteiger partial charge in [0.2, 0.25) is 5.91 Å². The third-order valence-corrected chi connectivity index (χ3v) is 4.68. The van der Waals surface area contributed by atoms with Gasteiger partial charge < -0.3 is 9.80 Å². The lowest BCUT2D eigenvalue weighted by Gasteiger charge is -2.35. The SMILES string of the molecule is O=C1CN(c2cc(C3CC3)ncn2)CCN1Cc1cc(F)ccc1F. The van der Waals surface area contributed by atoms with Gasteiger partial charge in [0.25, 0.3) is 0 Å². The molecule has 0 N–H and O–H groups in total. The van der Waals surface area contributed by atoms with Crippen molar-refractivity contribution < 1.29 is 13.6 Å². The van der Waals surface area contributed by atoms with Crippen molar-refractivity contribution in [1.29, 1.82) is 0 Å². The van der Waals surface area contributed by atoms with Crippen molar-refractivity contribution in [2.75, 3.05) is 24.5 Å². The van der Waals surface area contributed by atoms with Crippen LogP contribution in [-0.2, 0) is 11.3 Å². The average molecular weight is 344 g/mol. The first-order chi connectivity index (χ1) is 12.1. The van der Waals surface area contributed by atoms with Gasteiger partial charge in [-0.1, -0.05) is 0 Å². The molecule has 0 radical (unpaired) electrons. The molecule has 1 aromatic carbocycles. The second kappa shape index (κ2) is 6.38. The molecule has 1 aromatic heterocycles. The second-order valence-corrected chi connectivity index (χ2v) is 6.55. The molecule has 4 rings (SSSR count). The molecule has 1 aliphatic carbocycles. The Labute approximate surface area is 144 Å². The number of hydrogen-bond acceptors (Lipinski definition) is 4. The van der Waals surface area contributed by atoms with E-state index in [0.717, 1.165) is 42.6 Å². The van der Waals surface area contributed by atoms with Gasteiger partial charge in [0.05, 0.1) is 6.54 Å². The van der Waals surface area contributed by atoms with Crippen LogP contribution in [-0.4, -0.2) is 40.4 Å². The lowest BCUT2D eigenvalue weighted by molar-refractivity contribution is -0.131. The van der Waals surface area contributed by atoms with Gasteiger partial charge in [-0.25, -0.2) is 18.7 Å². The lowest BCUT2D eigenvalue weighted by Crippen LogP contribution is -2.50. The van der Waals surface area contributed by atoms with E-state index in [1.165, 1.54) is 0 Å². The highest BCUT2D eigenvalue weighted by molar-refractivity contribution is 5.82. The van der Waals surface area contributed by atoms with Crippen LogP contribution >= 0.6 is 0 Å². The van der Waals surface area contributed by atoms with Gasteiger partial charge in [-0.15, -0.1) is 0 Å². The minimum atomic E-state index is -0.504. The Morgan fingerprint density at radius 3 is 2.72 bits per heavy atom. The number of carbonyl (C=O) groups is 1. The summed E-state index contributed by atoms with van der Waals surface area (Å²) >= 11 is 0. The molecule has 130 valence electrons. The minimum Gasteiger partial charge on any atom is -0.345 e. The molecule has 0 bridgehead atoms. The molecular formula is C18H18F2N4O. The topological polar surface area (TPSA) is 49.3 Å². The summed E-state index contributed by atoms with van der Waals surface area (Å²) in [5.41, 5.74) is 1.22. The van der Waals surface area contributed by atoms with Gasteiger partial charge in [0.1, 0.15) is 23.8 Å². The number of amides is 1. The monoisotopic (exact) mass is 344 g/mol. The summed E-state index contributed by atoms with van der Waals surface area (Å²) in [7, 11) is 0. The van der Waals surface area contributed by atoms with Crippen LogP contribution in [0.5, 0.6) is 0 Å². The Morgan fingerprint density at radius 1 is 1.12 bits per heavy atom.